The molecule has 0 saturated carbocycles. The first-order valence-corrected chi connectivity index (χ1v) is 13.0. The lowest BCUT2D eigenvalue weighted by Crippen LogP contribution is -2.45. The Balaban J connectivity index is 1.81. The molecule has 2 N–H and O–H groups in total. The molecule has 1 heterocycles. The summed E-state index contributed by atoms with van der Waals surface area (Å²) in [7, 11) is -2.24. The lowest BCUT2D eigenvalue weighted by atomic mass is 9.93. The topological polar surface area (TPSA) is 60.8 Å². The van der Waals surface area contributed by atoms with Crippen molar-refractivity contribution in [3.05, 3.63) is 71.3 Å². The summed E-state index contributed by atoms with van der Waals surface area (Å²) >= 11 is 0. The Morgan fingerprint density at radius 1 is 1.00 bits per heavy atom. The highest BCUT2D eigenvalue weighted by Crippen LogP contribution is 2.43. The van der Waals surface area contributed by atoms with Crippen LogP contribution in [-0.4, -0.2) is 35.6 Å². The fourth-order valence-electron chi connectivity index (χ4n) is 3.80. The van der Waals surface area contributed by atoms with Crippen molar-refractivity contribution in [1.82, 2.24) is 4.90 Å². The molecule has 0 radical (unpaired) electrons. The van der Waals surface area contributed by atoms with Crippen molar-refractivity contribution in [2.75, 3.05) is 6.54 Å². The molecule has 0 fully saturated rings. The normalized spacial score (nSPS) is 19.8. The van der Waals surface area contributed by atoms with Crippen LogP contribution in [0.2, 0.25) is 18.1 Å². The van der Waals surface area contributed by atoms with Gasteiger partial charge in [0.1, 0.15) is 0 Å². The first-order valence-electron chi connectivity index (χ1n) is 10.0. The summed E-state index contributed by atoms with van der Waals surface area (Å²) in [4.78, 5) is 25.2. The number of rotatable bonds is 7. The van der Waals surface area contributed by atoms with E-state index < -0.39 is 14.0 Å². The smallest absolute Gasteiger partial charge is 0.257 e. The molecule has 0 spiro atoms. The van der Waals surface area contributed by atoms with Crippen LogP contribution in [0.3, 0.4) is 0 Å². The van der Waals surface area contributed by atoms with Gasteiger partial charge in [0.05, 0.1) is 0 Å². The summed E-state index contributed by atoms with van der Waals surface area (Å²) in [5.74, 6) is -0.127. The molecule has 3 rings (SSSR count). The highest BCUT2D eigenvalue weighted by molar-refractivity contribution is 6.72. The van der Waals surface area contributed by atoms with E-state index in [1.165, 1.54) is 0 Å². The van der Waals surface area contributed by atoms with E-state index in [0.717, 1.165) is 19.3 Å². The summed E-state index contributed by atoms with van der Waals surface area (Å²) in [6, 6.07) is 16.7. The number of carbonyl (C=O) groups is 1. The predicted octanol–water partition coefficient (Wildman–Crippen LogP) is 4.48. The zero-order valence-corrected chi connectivity index (χ0v) is 18.3. The molecular weight excluding hydrogens is 366 g/mol. The van der Waals surface area contributed by atoms with Crippen LogP contribution in [0.1, 0.15) is 54.6 Å². The molecule has 1 aliphatic heterocycles. The van der Waals surface area contributed by atoms with Gasteiger partial charge in [-0.05, 0) is 37.0 Å². The molecule has 28 heavy (non-hydrogen) atoms. The molecule has 4 nitrogen and oxygen atoms in total. The third kappa shape index (κ3) is 3.54. The SMILES string of the molecule is CC(C)(CCCCN1C(=O)c2ccccc2C1(O)c1ccccc1)[Si](C)(C)O. The molecule has 0 aliphatic carbocycles. The van der Waals surface area contributed by atoms with Crippen LogP contribution in [-0.2, 0) is 5.72 Å². The number of benzene rings is 2. The molecule has 0 bridgehead atoms. The second-order valence-electron chi connectivity index (χ2n) is 8.94. The summed E-state index contributed by atoms with van der Waals surface area (Å²) < 4.78 is 0. The largest absolute Gasteiger partial charge is 0.432 e. The number of amides is 1. The molecule has 5 heteroatoms. The monoisotopic (exact) mass is 397 g/mol. The standard InChI is InChI=1S/C23H31NO3Si/c1-22(2,28(3,4)27)16-10-11-17-24-21(25)19-14-8-9-15-20(19)23(24,26)18-12-6-5-7-13-18/h5-9,12-15,26-27H,10-11,16-17H2,1-4H3. The number of unbranched alkanes of at least 4 members (excludes halogenated alkanes) is 1. The van der Waals surface area contributed by atoms with Gasteiger partial charge in [-0.15, -0.1) is 0 Å². The van der Waals surface area contributed by atoms with Gasteiger partial charge in [0.2, 0.25) is 0 Å². The van der Waals surface area contributed by atoms with Crippen LogP contribution in [0.5, 0.6) is 0 Å². The Labute approximate surface area is 169 Å². The maximum atomic E-state index is 13.1. The van der Waals surface area contributed by atoms with Crippen molar-refractivity contribution in [2.24, 2.45) is 0 Å². The number of nitrogens with zero attached hydrogens (tertiary/aromatic N) is 1. The Morgan fingerprint density at radius 2 is 1.61 bits per heavy atom. The minimum Gasteiger partial charge on any atom is -0.432 e. The van der Waals surface area contributed by atoms with E-state index in [2.05, 4.69) is 13.8 Å². The van der Waals surface area contributed by atoms with Crippen molar-refractivity contribution in [1.29, 1.82) is 0 Å². The number of hydrogen-bond donors (Lipinski definition) is 2. The Bertz CT molecular complexity index is 844. The van der Waals surface area contributed by atoms with Gasteiger partial charge in [-0.3, -0.25) is 4.79 Å². The zero-order valence-electron chi connectivity index (χ0n) is 17.3. The first kappa shape index (κ1) is 20.8. The molecule has 1 aliphatic rings. The fraction of sp³-hybridized carbons (Fsp3) is 0.435. The fourth-order valence-corrected chi connectivity index (χ4v) is 4.59. The van der Waals surface area contributed by atoms with Gasteiger partial charge in [-0.25, -0.2) is 0 Å². The van der Waals surface area contributed by atoms with E-state index in [0.29, 0.717) is 23.2 Å². The van der Waals surface area contributed by atoms with Gasteiger partial charge in [0.15, 0.2) is 14.0 Å². The van der Waals surface area contributed by atoms with Crippen molar-refractivity contribution in [3.8, 4) is 0 Å². The Hall–Kier alpha value is -1.95. The minimum atomic E-state index is -2.24. The molecule has 1 atom stereocenters. The summed E-state index contributed by atoms with van der Waals surface area (Å²) in [5, 5.41) is 11.6. The molecule has 2 aromatic rings. The van der Waals surface area contributed by atoms with Gasteiger partial charge >= 0.3 is 0 Å². The number of hydrogen-bond acceptors (Lipinski definition) is 3. The molecular formula is C23H31NO3Si. The summed E-state index contributed by atoms with van der Waals surface area (Å²) in [5.41, 5.74) is 0.487. The van der Waals surface area contributed by atoms with Crippen LogP contribution in [0, 0.1) is 0 Å². The van der Waals surface area contributed by atoms with Gasteiger partial charge in [-0.1, -0.05) is 68.8 Å². The third-order valence-electron chi connectivity index (χ3n) is 6.43. The Morgan fingerprint density at radius 3 is 2.25 bits per heavy atom. The van der Waals surface area contributed by atoms with Crippen LogP contribution < -0.4 is 0 Å². The summed E-state index contributed by atoms with van der Waals surface area (Å²) in [6.45, 7) is 8.67. The molecule has 0 saturated heterocycles. The van der Waals surface area contributed by atoms with Crippen LogP contribution in [0.4, 0.5) is 0 Å². The highest BCUT2D eigenvalue weighted by Gasteiger charge is 2.49. The molecule has 2 aromatic carbocycles. The van der Waals surface area contributed by atoms with Gasteiger partial charge in [0, 0.05) is 23.2 Å². The quantitative estimate of drug-likeness (QED) is 0.535. The number of fused-ring (bicyclic) bond motifs is 1. The van der Waals surface area contributed by atoms with Gasteiger partial charge in [-0.2, -0.15) is 0 Å². The first-order chi connectivity index (χ1) is 13.1. The molecule has 1 unspecified atom stereocenters. The van der Waals surface area contributed by atoms with E-state index >= 15 is 0 Å². The van der Waals surface area contributed by atoms with Crippen LogP contribution in [0.15, 0.2) is 54.6 Å². The average molecular weight is 398 g/mol. The lowest BCUT2D eigenvalue weighted by Gasteiger charge is -2.36. The van der Waals surface area contributed by atoms with E-state index in [-0.39, 0.29) is 10.9 Å². The average Bonchev–Trinajstić information content (AvgIpc) is 2.88. The number of aliphatic hydroxyl groups is 1. The van der Waals surface area contributed by atoms with E-state index in [9.17, 15) is 14.7 Å². The second kappa shape index (κ2) is 7.47. The second-order valence-corrected chi connectivity index (χ2v) is 13.4. The number of carbonyl (C=O) groups excluding carboxylic acids is 1. The minimum absolute atomic E-state index is 0.0826. The van der Waals surface area contributed by atoms with E-state index in [1.807, 2.05) is 61.6 Å². The van der Waals surface area contributed by atoms with Crippen molar-refractivity contribution >= 4 is 14.2 Å². The Kier molecular flexibility index (Phi) is 5.54. The highest BCUT2D eigenvalue weighted by atomic mass is 28.4. The van der Waals surface area contributed by atoms with Crippen molar-refractivity contribution < 1.29 is 14.7 Å². The van der Waals surface area contributed by atoms with Crippen molar-refractivity contribution in [3.63, 3.8) is 0 Å². The third-order valence-corrected chi connectivity index (χ3v) is 10.00. The maximum Gasteiger partial charge on any atom is 0.257 e. The zero-order chi connectivity index (χ0) is 20.6. The lowest BCUT2D eigenvalue weighted by molar-refractivity contribution is -0.0505. The van der Waals surface area contributed by atoms with Gasteiger partial charge < -0.3 is 14.8 Å². The molecule has 0 aromatic heterocycles. The molecule has 1 amide bonds. The molecule has 150 valence electrons. The van der Waals surface area contributed by atoms with E-state index in [1.54, 1.807) is 11.0 Å². The van der Waals surface area contributed by atoms with Crippen LogP contribution in [0.25, 0.3) is 0 Å². The van der Waals surface area contributed by atoms with Crippen molar-refractivity contribution in [2.45, 2.75) is 57.0 Å². The van der Waals surface area contributed by atoms with Gasteiger partial charge in [0.25, 0.3) is 5.91 Å². The van der Waals surface area contributed by atoms with E-state index in [4.69, 9.17) is 0 Å². The maximum absolute atomic E-state index is 13.1. The van der Waals surface area contributed by atoms with Crippen LogP contribution >= 0.6 is 0 Å². The predicted molar refractivity (Wildman–Crippen MR) is 115 cm³/mol. The summed E-state index contributed by atoms with van der Waals surface area (Å²) in [6.07, 6.45) is 2.58.